The van der Waals surface area contributed by atoms with E-state index in [0.29, 0.717) is 29.1 Å². The van der Waals surface area contributed by atoms with Crippen LogP contribution in [-0.4, -0.2) is 37.0 Å². The molecule has 6 nitrogen and oxygen atoms in total. The third-order valence-corrected chi connectivity index (χ3v) is 4.89. The number of rotatable bonds is 3. The predicted molar refractivity (Wildman–Crippen MR) is 96.7 cm³/mol. The Hall–Kier alpha value is -2.67. The number of hydrogen-bond donors (Lipinski definition) is 3. The normalized spacial score (nSPS) is 20.4. The van der Waals surface area contributed by atoms with Crippen LogP contribution in [0.5, 0.6) is 5.75 Å². The SMILES string of the molecule is Cc1cc(O)c(-c2nnc(N[C@@H]3CCC[C@H](O)C3)n3cccc23)c(F)c1. The topological polar surface area (TPSA) is 82.7 Å². The number of aryl methyl sites for hydroxylation is 1. The molecule has 0 saturated heterocycles. The van der Waals surface area contributed by atoms with Crippen LogP contribution in [0.3, 0.4) is 0 Å². The van der Waals surface area contributed by atoms with E-state index in [9.17, 15) is 14.6 Å². The van der Waals surface area contributed by atoms with E-state index in [2.05, 4.69) is 15.5 Å². The Kier molecular flexibility index (Phi) is 4.24. The van der Waals surface area contributed by atoms with Gasteiger partial charge in [0.2, 0.25) is 5.95 Å². The number of aliphatic hydroxyl groups is 1. The van der Waals surface area contributed by atoms with Crippen LogP contribution in [0.1, 0.15) is 31.2 Å². The number of benzene rings is 1. The Labute approximate surface area is 150 Å². The lowest BCUT2D eigenvalue weighted by molar-refractivity contribution is 0.124. The Morgan fingerprint density at radius 2 is 2.12 bits per heavy atom. The van der Waals surface area contributed by atoms with Crippen LogP contribution in [0.2, 0.25) is 0 Å². The summed E-state index contributed by atoms with van der Waals surface area (Å²) in [5.74, 6) is -0.146. The van der Waals surface area contributed by atoms with Crippen molar-refractivity contribution in [2.45, 2.75) is 44.8 Å². The summed E-state index contributed by atoms with van der Waals surface area (Å²) < 4.78 is 16.3. The molecule has 7 heteroatoms. The molecule has 1 fully saturated rings. The summed E-state index contributed by atoms with van der Waals surface area (Å²) in [5, 5.41) is 31.8. The molecule has 3 aromatic rings. The molecule has 2 heterocycles. The van der Waals surface area contributed by atoms with Gasteiger partial charge in [-0.25, -0.2) is 4.39 Å². The highest BCUT2D eigenvalue weighted by Gasteiger charge is 2.23. The Bertz CT molecular complexity index is 933. The third kappa shape index (κ3) is 2.99. The number of aromatic hydroxyl groups is 1. The molecule has 26 heavy (non-hydrogen) atoms. The number of aliphatic hydroxyl groups excluding tert-OH is 1. The highest BCUT2D eigenvalue weighted by atomic mass is 19.1. The predicted octanol–water partition coefficient (Wildman–Crippen LogP) is 3.26. The van der Waals surface area contributed by atoms with Gasteiger partial charge in [0.25, 0.3) is 0 Å². The van der Waals surface area contributed by atoms with Gasteiger partial charge in [-0.2, -0.15) is 0 Å². The van der Waals surface area contributed by atoms with Gasteiger partial charge < -0.3 is 15.5 Å². The van der Waals surface area contributed by atoms with Crippen molar-refractivity contribution in [3.05, 3.63) is 41.8 Å². The van der Waals surface area contributed by atoms with E-state index in [1.54, 1.807) is 11.3 Å². The van der Waals surface area contributed by atoms with Crippen molar-refractivity contribution < 1.29 is 14.6 Å². The summed E-state index contributed by atoms with van der Waals surface area (Å²) in [4.78, 5) is 0. The zero-order valence-electron chi connectivity index (χ0n) is 14.5. The van der Waals surface area contributed by atoms with E-state index in [0.717, 1.165) is 19.3 Å². The zero-order valence-corrected chi connectivity index (χ0v) is 14.5. The maximum Gasteiger partial charge on any atom is 0.228 e. The van der Waals surface area contributed by atoms with E-state index in [4.69, 9.17) is 0 Å². The average Bonchev–Trinajstić information content (AvgIpc) is 3.06. The molecule has 136 valence electrons. The summed E-state index contributed by atoms with van der Waals surface area (Å²) in [7, 11) is 0. The number of phenolic OH excluding ortho intramolecular Hbond substituents is 1. The second-order valence-corrected chi connectivity index (χ2v) is 6.94. The number of fused-ring (bicyclic) bond motifs is 1. The van der Waals surface area contributed by atoms with Gasteiger partial charge in [0.05, 0.1) is 17.2 Å². The maximum absolute atomic E-state index is 14.5. The van der Waals surface area contributed by atoms with Crippen molar-refractivity contribution in [1.82, 2.24) is 14.6 Å². The van der Waals surface area contributed by atoms with E-state index < -0.39 is 5.82 Å². The average molecular weight is 356 g/mol. The van der Waals surface area contributed by atoms with Crippen LogP contribution in [0.4, 0.5) is 10.3 Å². The first-order valence-corrected chi connectivity index (χ1v) is 8.81. The quantitative estimate of drug-likeness (QED) is 0.671. The van der Waals surface area contributed by atoms with Crippen LogP contribution in [-0.2, 0) is 0 Å². The fourth-order valence-electron chi connectivity index (χ4n) is 3.67. The van der Waals surface area contributed by atoms with Crippen molar-refractivity contribution in [2.24, 2.45) is 0 Å². The molecule has 3 N–H and O–H groups in total. The van der Waals surface area contributed by atoms with Crippen molar-refractivity contribution in [3.63, 3.8) is 0 Å². The lowest BCUT2D eigenvalue weighted by atomic mass is 9.93. The van der Waals surface area contributed by atoms with E-state index >= 15 is 0 Å². The minimum absolute atomic E-state index is 0.0476. The summed E-state index contributed by atoms with van der Waals surface area (Å²) in [6.45, 7) is 1.72. The van der Waals surface area contributed by atoms with Crippen molar-refractivity contribution in [1.29, 1.82) is 0 Å². The fourth-order valence-corrected chi connectivity index (χ4v) is 3.67. The molecule has 0 spiro atoms. The number of nitrogens with one attached hydrogen (secondary N) is 1. The standard InChI is InChI=1S/C19H21FN4O2/c1-11-8-14(20)17(16(26)9-11)18-15-6-3-7-24(15)19(23-22-18)21-12-4-2-5-13(25)10-12/h3,6-9,12-13,25-26H,2,4-5,10H2,1H3,(H,21,23)/t12-,13+/m1/s1. The summed E-state index contributed by atoms with van der Waals surface area (Å²) in [6.07, 6.45) is 4.93. The van der Waals surface area contributed by atoms with Gasteiger partial charge in [-0.15, -0.1) is 10.2 Å². The second-order valence-electron chi connectivity index (χ2n) is 6.94. The Morgan fingerprint density at radius 1 is 1.27 bits per heavy atom. The first-order chi connectivity index (χ1) is 12.5. The molecule has 1 aliphatic carbocycles. The number of halogens is 1. The molecule has 2 atom stereocenters. The van der Waals surface area contributed by atoms with Crippen LogP contribution >= 0.6 is 0 Å². The zero-order chi connectivity index (χ0) is 18.3. The largest absolute Gasteiger partial charge is 0.507 e. The smallest absolute Gasteiger partial charge is 0.228 e. The Morgan fingerprint density at radius 3 is 2.88 bits per heavy atom. The van der Waals surface area contributed by atoms with Gasteiger partial charge in [0.1, 0.15) is 17.3 Å². The molecule has 2 aromatic heterocycles. The number of hydrogen-bond acceptors (Lipinski definition) is 5. The van der Waals surface area contributed by atoms with Crippen molar-refractivity contribution in [3.8, 4) is 17.0 Å². The summed E-state index contributed by atoms with van der Waals surface area (Å²) >= 11 is 0. The number of anilines is 1. The molecule has 4 rings (SSSR count). The number of nitrogens with zero attached hydrogens (tertiary/aromatic N) is 3. The van der Waals surface area contributed by atoms with Gasteiger partial charge >= 0.3 is 0 Å². The lowest BCUT2D eigenvalue weighted by Crippen LogP contribution is -2.31. The molecular weight excluding hydrogens is 335 g/mol. The third-order valence-electron chi connectivity index (χ3n) is 4.89. The first-order valence-electron chi connectivity index (χ1n) is 8.81. The number of aromatic nitrogens is 3. The fraction of sp³-hybridized carbons (Fsp3) is 0.368. The van der Waals surface area contributed by atoms with Crippen LogP contribution in [0, 0.1) is 12.7 Å². The monoisotopic (exact) mass is 356 g/mol. The maximum atomic E-state index is 14.5. The highest BCUT2D eigenvalue weighted by molar-refractivity contribution is 5.81. The summed E-state index contributed by atoms with van der Waals surface area (Å²) in [5.41, 5.74) is 1.62. The van der Waals surface area contributed by atoms with Gasteiger partial charge in [-0.05, 0) is 62.4 Å². The van der Waals surface area contributed by atoms with E-state index in [-0.39, 0.29) is 23.5 Å². The summed E-state index contributed by atoms with van der Waals surface area (Å²) in [6, 6.07) is 6.63. The highest BCUT2D eigenvalue weighted by Crippen LogP contribution is 2.34. The molecule has 1 aliphatic rings. The molecule has 0 radical (unpaired) electrons. The molecule has 1 aromatic carbocycles. The van der Waals surface area contributed by atoms with Gasteiger partial charge in [0, 0.05) is 12.2 Å². The molecule has 1 saturated carbocycles. The molecular formula is C19H21FN4O2. The van der Waals surface area contributed by atoms with Crippen LogP contribution in [0.25, 0.3) is 16.8 Å². The second kappa shape index (κ2) is 6.57. The van der Waals surface area contributed by atoms with Crippen molar-refractivity contribution >= 4 is 11.5 Å². The molecule has 0 bridgehead atoms. The van der Waals surface area contributed by atoms with Gasteiger partial charge in [0.15, 0.2) is 0 Å². The molecule has 0 aliphatic heterocycles. The van der Waals surface area contributed by atoms with E-state index in [1.807, 2.05) is 18.3 Å². The van der Waals surface area contributed by atoms with E-state index in [1.165, 1.54) is 12.1 Å². The molecule has 0 amide bonds. The van der Waals surface area contributed by atoms with Crippen LogP contribution in [0.15, 0.2) is 30.5 Å². The van der Waals surface area contributed by atoms with Crippen molar-refractivity contribution in [2.75, 3.05) is 5.32 Å². The minimum Gasteiger partial charge on any atom is -0.507 e. The number of phenols is 1. The Balaban J connectivity index is 1.75. The van der Waals surface area contributed by atoms with Crippen LogP contribution < -0.4 is 5.32 Å². The van der Waals surface area contributed by atoms with Gasteiger partial charge in [-0.3, -0.25) is 4.40 Å². The molecule has 0 unspecified atom stereocenters. The minimum atomic E-state index is -0.531. The first kappa shape index (κ1) is 16.8. The lowest BCUT2D eigenvalue weighted by Gasteiger charge is -2.27. The van der Waals surface area contributed by atoms with Gasteiger partial charge in [-0.1, -0.05) is 0 Å².